The number of rotatable bonds is 8. The topological polar surface area (TPSA) is 59.6 Å². The van der Waals surface area contributed by atoms with Gasteiger partial charge in [0.05, 0.1) is 24.3 Å². The van der Waals surface area contributed by atoms with Gasteiger partial charge in [-0.15, -0.1) is 0 Å². The lowest BCUT2D eigenvalue weighted by Gasteiger charge is -2.13. The van der Waals surface area contributed by atoms with Crippen LogP contribution in [-0.2, 0) is 11.2 Å². The smallest absolute Gasteiger partial charge is 0.339 e. The zero-order valence-electron chi connectivity index (χ0n) is 15.4. The molecule has 5 nitrogen and oxygen atoms in total. The molecule has 0 radical (unpaired) electrons. The Labute approximate surface area is 170 Å². The van der Waals surface area contributed by atoms with Crippen LogP contribution in [0.5, 0.6) is 5.75 Å². The number of hydrogen-bond acceptors (Lipinski definition) is 4. The second kappa shape index (κ2) is 10.7. The molecule has 0 aliphatic rings. The highest BCUT2D eigenvalue weighted by Crippen LogP contribution is 2.21. The average Bonchev–Trinajstić information content (AvgIpc) is 2.67. The lowest BCUT2D eigenvalue weighted by atomic mass is 10.1. The number of methoxy groups -OCH3 is 1. The Hall–Kier alpha value is -2.31. The number of thiocarbonyl (C=S) groups is 1. The summed E-state index contributed by atoms with van der Waals surface area (Å²) in [5.41, 5.74) is 2.14. The Balaban J connectivity index is 1.83. The van der Waals surface area contributed by atoms with Crippen LogP contribution in [0.3, 0.4) is 0 Å². The van der Waals surface area contributed by atoms with Gasteiger partial charge in [-0.25, -0.2) is 4.79 Å². The van der Waals surface area contributed by atoms with E-state index in [4.69, 9.17) is 33.3 Å². The van der Waals surface area contributed by atoms with Gasteiger partial charge in [0.15, 0.2) is 5.11 Å². The number of halogens is 1. The van der Waals surface area contributed by atoms with Gasteiger partial charge < -0.3 is 20.1 Å². The van der Waals surface area contributed by atoms with Crippen LogP contribution in [0.4, 0.5) is 5.69 Å². The summed E-state index contributed by atoms with van der Waals surface area (Å²) in [6.07, 6.45) is 1.79. The first-order valence-electron chi connectivity index (χ1n) is 8.68. The molecule has 0 heterocycles. The molecule has 7 heteroatoms. The van der Waals surface area contributed by atoms with Gasteiger partial charge in [-0.1, -0.05) is 29.8 Å². The fourth-order valence-corrected chi connectivity index (χ4v) is 2.95. The molecule has 2 aromatic carbocycles. The Morgan fingerprint density at radius 1 is 1.22 bits per heavy atom. The molecule has 2 N–H and O–H groups in total. The molecule has 0 fully saturated rings. The molecule has 0 saturated carbocycles. The van der Waals surface area contributed by atoms with Gasteiger partial charge in [0, 0.05) is 12.2 Å². The van der Waals surface area contributed by atoms with Gasteiger partial charge in [0.2, 0.25) is 0 Å². The van der Waals surface area contributed by atoms with Crippen molar-refractivity contribution in [1.82, 2.24) is 5.32 Å². The molecule has 0 aliphatic carbocycles. The molecule has 0 bridgehead atoms. The van der Waals surface area contributed by atoms with Gasteiger partial charge in [0.25, 0.3) is 0 Å². The predicted octanol–water partition coefficient (Wildman–Crippen LogP) is 4.44. The molecule has 2 rings (SSSR count). The van der Waals surface area contributed by atoms with E-state index >= 15 is 0 Å². The van der Waals surface area contributed by atoms with Crippen molar-refractivity contribution in [1.29, 1.82) is 0 Å². The number of aryl methyl sites for hydroxylation is 1. The van der Waals surface area contributed by atoms with Gasteiger partial charge in [-0.2, -0.15) is 0 Å². The van der Waals surface area contributed by atoms with Gasteiger partial charge in [-0.3, -0.25) is 0 Å². The van der Waals surface area contributed by atoms with E-state index in [0.717, 1.165) is 18.6 Å². The Kier molecular flexibility index (Phi) is 8.36. The number of para-hydroxylation sites is 1. The highest BCUT2D eigenvalue weighted by atomic mass is 35.5. The van der Waals surface area contributed by atoms with Crippen LogP contribution >= 0.6 is 23.8 Å². The third kappa shape index (κ3) is 6.41. The zero-order valence-corrected chi connectivity index (χ0v) is 17.0. The number of ether oxygens (including phenoxy) is 2. The molecule has 0 aromatic heterocycles. The number of nitrogens with one attached hydrogen (secondary N) is 2. The molecule has 0 amide bonds. The normalized spacial score (nSPS) is 10.2. The van der Waals surface area contributed by atoms with Crippen molar-refractivity contribution < 1.29 is 14.3 Å². The lowest BCUT2D eigenvalue weighted by Crippen LogP contribution is -2.29. The van der Waals surface area contributed by atoms with Crippen LogP contribution in [0.15, 0.2) is 42.5 Å². The van der Waals surface area contributed by atoms with Crippen LogP contribution in [0, 0.1) is 0 Å². The summed E-state index contributed by atoms with van der Waals surface area (Å²) in [5, 5.41) is 7.02. The third-order valence-corrected chi connectivity index (χ3v) is 4.39. The molecule has 0 saturated heterocycles. The average molecular weight is 407 g/mol. The van der Waals surface area contributed by atoms with Crippen molar-refractivity contribution in [3.8, 4) is 5.75 Å². The molecular weight excluding hydrogens is 384 g/mol. The largest absolute Gasteiger partial charge is 0.494 e. The summed E-state index contributed by atoms with van der Waals surface area (Å²) in [6.45, 7) is 3.34. The van der Waals surface area contributed by atoms with E-state index < -0.39 is 5.97 Å². The number of anilines is 1. The van der Waals surface area contributed by atoms with Crippen LogP contribution in [0.1, 0.15) is 29.3 Å². The minimum atomic E-state index is -0.490. The standard InChI is InChI=1S/C20H23ClN2O3S/c1-3-26-18-9-5-4-7-14(18)8-6-12-22-20(27)23-15-10-11-17(21)16(13-15)19(24)25-2/h4-5,7,9-11,13H,3,6,8,12H2,1-2H3,(H2,22,23,27). The fourth-order valence-electron chi connectivity index (χ4n) is 2.53. The van der Waals surface area contributed by atoms with E-state index in [9.17, 15) is 4.79 Å². The maximum Gasteiger partial charge on any atom is 0.339 e. The van der Waals surface area contributed by atoms with E-state index in [0.29, 0.717) is 34.5 Å². The first-order valence-corrected chi connectivity index (χ1v) is 9.47. The van der Waals surface area contributed by atoms with Crippen LogP contribution in [0.2, 0.25) is 5.02 Å². The molecule has 0 spiro atoms. The predicted molar refractivity (Wildman–Crippen MR) is 113 cm³/mol. The number of esters is 1. The lowest BCUT2D eigenvalue weighted by molar-refractivity contribution is 0.0601. The van der Waals surface area contributed by atoms with Crippen LogP contribution in [0.25, 0.3) is 0 Å². The molecule has 0 aliphatic heterocycles. The summed E-state index contributed by atoms with van der Waals surface area (Å²) >= 11 is 11.3. The van der Waals surface area contributed by atoms with Crippen molar-refractivity contribution >= 4 is 40.6 Å². The van der Waals surface area contributed by atoms with Gasteiger partial charge in [0.1, 0.15) is 5.75 Å². The third-order valence-electron chi connectivity index (χ3n) is 3.81. The van der Waals surface area contributed by atoms with Crippen LogP contribution in [-0.4, -0.2) is 31.3 Å². The fraction of sp³-hybridized carbons (Fsp3) is 0.300. The quantitative estimate of drug-likeness (QED) is 0.384. The molecular formula is C20H23ClN2O3S. The number of carbonyl (C=O) groups is 1. The molecule has 0 unspecified atom stereocenters. The summed E-state index contributed by atoms with van der Waals surface area (Å²) in [5.74, 6) is 0.438. The first-order chi connectivity index (χ1) is 13.0. The van der Waals surface area contributed by atoms with E-state index in [1.807, 2.05) is 25.1 Å². The van der Waals surface area contributed by atoms with Crippen molar-refractivity contribution in [3.63, 3.8) is 0 Å². The zero-order chi connectivity index (χ0) is 19.6. The van der Waals surface area contributed by atoms with Crippen LogP contribution < -0.4 is 15.4 Å². The van der Waals surface area contributed by atoms with Gasteiger partial charge >= 0.3 is 5.97 Å². The minimum Gasteiger partial charge on any atom is -0.494 e. The Bertz CT molecular complexity index is 799. The second-order valence-electron chi connectivity index (χ2n) is 5.71. The minimum absolute atomic E-state index is 0.291. The Morgan fingerprint density at radius 3 is 2.74 bits per heavy atom. The van der Waals surface area contributed by atoms with Crippen molar-refractivity contribution in [2.24, 2.45) is 0 Å². The SMILES string of the molecule is CCOc1ccccc1CCCNC(=S)Nc1ccc(Cl)c(C(=O)OC)c1. The number of benzene rings is 2. The molecule has 27 heavy (non-hydrogen) atoms. The first kappa shape index (κ1) is 21.0. The second-order valence-corrected chi connectivity index (χ2v) is 6.53. The van der Waals surface area contributed by atoms with Gasteiger partial charge in [-0.05, 0) is 61.8 Å². The maximum absolute atomic E-state index is 11.7. The number of carbonyl (C=O) groups excluding carboxylic acids is 1. The Morgan fingerprint density at radius 2 is 2.00 bits per heavy atom. The van der Waals surface area contributed by atoms with E-state index in [1.165, 1.54) is 12.7 Å². The van der Waals surface area contributed by atoms with E-state index in [1.54, 1.807) is 18.2 Å². The highest BCUT2D eigenvalue weighted by Gasteiger charge is 2.11. The molecule has 0 atom stereocenters. The number of hydrogen-bond donors (Lipinski definition) is 2. The summed E-state index contributed by atoms with van der Waals surface area (Å²) in [4.78, 5) is 11.7. The van der Waals surface area contributed by atoms with Crippen molar-refractivity contribution in [2.75, 3.05) is 25.6 Å². The maximum atomic E-state index is 11.7. The monoisotopic (exact) mass is 406 g/mol. The van der Waals surface area contributed by atoms with E-state index in [2.05, 4.69) is 16.7 Å². The molecule has 144 valence electrons. The summed E-state index contributed by atoms with van der Waals surface area (Å²) < 4.78 is 10.4. The van der Waals surface area contributed by atoms with Crippen molar-refractivity contribution in [3.05, 3.63) is 58.6 Å². The van der Waals surface area contributed by atoms with E-state index in [-0.39, 0.29) is 0 Å². The summed E-state index contributed by atoms with van der Waals surface area (Å²) in [6, 6.07) is 13.0. The van der Waals surface area contributed by atoms with Crippen molar-refractivity contribution in [2.45, 2.75) is 19.8 Å². The summed E-state index contributed by atoms with van der Waals surface area (Å²) in [7, 11) is 1.31. The highest BCUT2D eigenvalue weighted by molar-refractivity contribution is 7.80. The molecule has 2 aromatic rings.